The lowest BCUT2D eigenvalue weighted by molar-refractivity contribution is -0.132. The summed E-state index contributed by atoms with van der Waals surface area (Å²) in [7, 11) is 0. The van der Waals surface area contributed by atoms with Crippen LogP contribution < -0.4 is 5.32 Å². The van der Waals surface area contributed by atoms with E-state index in [0.717, 1.165) is 5.56 Å². The molecule has 1 atom stereocenters. The monoisotopic (exact) mass is 262 g/mol. The van der Waals surface area contributed by atoms with E-state index in [0.29, 0.717) is 12.8 Å². The highest BCUT2D eigenvalue weighted by Gasteiger charge is 2.28. The summed E-state index contributed by atoms with van der Waals surface area (Å²) < 4.78 is 12.9. The van der Waals surface area contributed by atoms with Gasteiger partial charge >= 0.3 is 5.97 Å². The number of halogens is 1. The predicted octanol–water partition coefficient (Wildman–Crippen LogP) is 2.12. The summed E-state index contributed by atoms with van der Waals surface area (Å²) in [6.07, 6.45) is 4.10. The third-order valence-corrected chi connectivity index (χ3v) is 3.19. The summed E-state index contributed by atoms with van der Waals surface area (Å²) in [6.45, 7) is 1.97. The molecule has 1 aromatic rings. The van der Waals surface area contributed by atoms with Gasteiger partial charge in [-0.05, 0) is 24.1 Å². The van der Waals surface area contributed by atoms with Gasteiger partial charge in [0, 0.05) is 18.8 Å². The first-order chi connectivity index (χ1) is 9.04. The zero-order valence-corrected chi connectivity index (χ0v) is 10.6. The number of nitrogens with one attached hydrogen (secondary N) is 1. The lowest BCUT2D eigenvalue weighted by Crippen LogP contribution is -2.44. The van der Waals surface area contributed by atoms with Gasteiger partial charge in [0.15, 0.2) is 0 Å². The van der Waals surface area contributed by atoms with E-state index in [9.17, 15) is 9.18 Å². The van der Waals surface area contributed by atoms with Gasteiger partial charge < -0.3 is 10.4 Å². The van der Waals surface area contributed by atoms with Crippen molar-refractivity contribution in [2.75, 3.05) is 0 Å². The highest BCUT2D eigenvalue weighted by atomic mass is 19.1. The van der Waals surface area contributed by atoms with Gasteiger partial charge in [0.1, 0.15) is 11.5 Å². The molecule has 0 radical (unpaired) electrons. The molecule has 2 rings (SSSR count). The molecule has 1 aliphatic heterocycles. The van der Waals surface area contributed by atoms with Gasteiger partial charge in [-0.15, -0.1) is 0 Å². The number of aliphatic carboxylic acids is 1. The van der Waals surface area contributed by atoms with Gasteiger partial charge in [0.2, 0.25) is 0 Å². The molecule has 0 saturated carbocycles. The Morgan fingerprint density at radius 3 is 2.58 bits per heavy atom. The Labute approximate surface area is 110 Å². The fraction of sp³-hybridized carbons (Fsp3) is 0.286. The number of carboxylic acids is 1. The molecule has 4 nitrogen and oxygen atoms in total. The molecule has 1 aromatic carbocycles. The lowest BCUT2D eigenvalue weighted by Gasteiger charge is -2.31. The maximum Gasteiger partial charge on any atom is 0.338 e. The minimum atomic E-state index is -1.01. The Hall–Kier alpha value is -2.17. The lowest BCUT2D eigenvalue weighted by atomic mass is 9.96. The quantitative estimate of drug-likeness (QED) is 0.873. The molecule has 1 unspecified atom stereocenters. The third kappa shape index (κ3) is 2.99. The minimum absolute atomic E-state index is 0.128. The van der Waals surface area contributed by atoms with Gasteiger partial charge in [-0.25, -0.2) is 9.18 Å². The van der Waals surface area contributed by atoms with E-state index in [2.05, 4.69) is 10.3 Å². The average Bonchev–Trinajstić information content (AvgIpc) is 2.42. The molecule has 19 heavy (non-hydrogen) atoms. The predicted molar refractivity (Wildman–Crippen MR) is 70.5 cm³/mol. The summed E-state index contributed by atoms with van der Waals surface area (Å²) in [5.41, 5.74) is 0.514. The number of hydrogen-bond donors (Lipinski definition) is 2. The van der Waals surface area contributed by atoms with Crippen molar-refractivity contribution < 1.29 is 14.3 Å². The molecule has 0 aliphatic carbocycles. The number of benzene rings is 1. The van der Waals surface area contributed by atoms with Crippen molar-refractivity contribution in [3.05, 3.63) is 47.4 Å². The van der Waals surface area contributed by atoms with Crippen molar-refractivity contribution in [1.29, 1.82) is 0 Å². The molecule has 1 aliphatic rings. The second-order valence-electron chi connectivity index (χ2n) is 4.50. The Bertz CT molecular complexity index is 537. The van der Waals surface area contributed by atoms with Crippen molar-refractivity contribution in [2.24, 2.45) is 4.99 Å². The van der Waals surface area contributed by atoms with Crippen LogP contribution in [-0.4, -0.2) is 23.0 Å². The summed E-state index contributed by atoms with van der Waals surface area (Å²) in [5, 5.41) is 11.9. The van der Waals surface area contributed by atoms with Crippen LogP contribution in [0, 0.1) is 5.82 Å². The number of carbonyl (C=O) groups is 1. The number of nitrogens with zero attached hydrogens (tertiary/aromatic N) is 1. The van der Waals surface area contributed by atoms with E-state index < -0.39 is 11.6 Å². The van der Waals surface area contributed by atoms with Crippen LogP contribution in [0.1, 0.15) is 18.9 Å². The minimum Gasteiger partial charge on any atom is -0.478 e. The molecular weight excluding hydrogens is 247 g/mol. The maximum atomic E-state index is 12.9. The van der Waals surface area contributed by atoms with E-state index in [1.54, 1.807) is 12.1 Å². The van der Waals surface area contributed by atoms with E-state index in [4.69, 9.17) is 5.11 Å². The highest BCUT2D eigenvalue weighted by molar-refractivity contribution is 6.08. The molecule has 2 N–H and O–H groups in total. The maximum absolute atomic E-state index is 12.9. The van der Waals surface area contributed by atoms with Crippen molar-refractivity contribution in [3.63, 3.8) is 0 Å². The molecule has 0 spiro atoms. The van der Waals surface area contributed by atoms with Crippen molar-refractivity contribution >= 4 is 12.2 Å². The smallest absolute Gasteiger partial charge is 0.338 e. The standard InChI is InChI=1S/C14H15FN2O2/c1-2-14(7-10-3-5-12(15)6-4-10)16-8-11(9-17-14)13(18)19/h3-6,8-9,16H,2,7H2,1H3,(H,18,19). The van der Waals surface area contributed by atoms with Crippen LogP contribution in [0.15, 0.2) is 41.0 Å². The fourth-order valence-electron chi connectivity index (χ4n) is 1.95. The highest BCUT2D eigenvalue weighted by Crippen LogP contribution is 2.22. The first-order valence-corrected chi connectivity index (χ1v) is 6.05. The summed E-state index contributed by atoms with van der Waals surface area (Å²) in [5.74, 6) is -1.29. The number of carboxylic acid groups (broad SMARTS) is 1. The number of rotatable bonds is 4. The Kier molecular flexibility index (Phi) is 3.64. The van der Waals surface area contributed by atoms with E-state index in [1.165, 1.54) is 24.5 Å². The Morgan fingerprint density at radius 2 is 2.11 bits per heavy atom. The van der Waals surface area contributed by atoms with Gasteiger partial charge in [-0.2, -0.15) is 0 Å². The topological polar surface area (TPSA) is 61.7 Å². The van der Waals surface area contributed by atoms with E-state index >= 15 is 0 Å². The first kappa shape index (κ1) is 13.3. The van der Waals surface area contributed by atoms with Crippen molar-refractivity contribution in [3.8, 4) is 0 Å². The second-order valence-corrected chi connectivity index (χ2v) is 4.50. The molecule has 100 valence electrons. The van der Waals surface area contributed by atoms with Crippen LogP contribution in [0.3, 0.4) is 0 Å². The SMILES string of the molecule is CCC1(Cc2ccc(F)cc2)N=CC(C(=O)O)=CN1. The van der Waals surface area contributed by atoms with Crippen LogP contribution in [-0.2, 0) is 11.2 Å². The molecule has 0 fully saturated rings. The molecule has 1 heterocycles. The molecule has 0 bridgehead atoms. The molecule has 5 heteroatoms. The summed E-state index contributed by atoms with van der Waals surface area (Å²) in [4.78, 5) is 15.1. The van der Waals surface area contributed by atoms with Gasteiger partial charge in [0.25, 0.3) is 0 Å². The fourth-order valence-corrected chi connectivity index (χ4v) is 1.95. The first-order valence-electron chi connectivity index (χ1n) is 6.05. The van der Waals surface area contributed by atoms with Crippen LogP contribution in [0.25, 0.3) is 0 Å². The number of aliphatic imine (C=N–C) groups is 1. The zero-order valence-electron chi connectivity index (χ0n) is 10.6. The Morgan fingerprint density at radius 1 is 1.42 bits per heavy atom. The molecular formula is C14H15FN2O2. The number of hydrogen-bond acceptors (Lipinski definition) is 3. The molecule has 0 amide bonds. The second kappa shape index (κ2) is 5.22. The van der Waals surface area contributed by atoms with Gasteiger partial charge in [-0.1, -0.05) is 19.1 Å². The van der Waals surface area contributed by atoms with Crippen molar-refractivity contribution in [1.82, 2.24) is 5.32 Å². The van der Waals surface area contributed by atoms with Crippen LogP contribution >= 0.6 is 0 Å². The summed E-state index contributed by atoms with van der Waals surface area (Å²) >= 11 is 0. The zero-order chi connectivity index (χ0) is 13.9. The van der Waals surface area contributed by atoms with Crippen molar-refractivity contribution in [2.45, 2.75) is 25.4 Å². The summed E-state index contributed by atoms with van der Waals surface area (Å²) in [6, 6.07) is 6.23. The normalized spacial score (nSPS) is 21.7. The average molecular weight is 262 g/mol. The van der Waals surface area contributed by atoms with Crippen LogP contribution in [0.5, 0.6) is 0 Å². The van der Waals surface area contributed by atoms with E-state index in [-0.39, 0.29) is 11.4 Å². The van der Waals surface area contributed by atoms with Crippen LogP contribution in [0.4, 0.5) is 4.39 Å². The largest absolute Gasteiger partial charge is 0.478 e. The Balaban J connectivity index is 2.16. The molecule has 0 saturated heterocycles. The molecule has 0 aromatic heterocycles. The van der Waals surface area contributed by atoms with Gasteiger partial charge in [-0.3, -0.25) is 4.99 Å². The third-order valence-electron chi connectivity index (χ3n) is 3.19. The van der Waals surface area contributed by atoms with E-state index in [1.807, 2.05) is 6.92 Å². The van der Waals surface area contributed by atoms with Gasteiger partial charge in [0.05, 0.1) is 5.57 Å². The van der Waals surface area contributed by atoms with Crippen LogP contribution in [0.2, 0.25) is 0 Å².